The number of carbonyl (C=O) groups is 1. The van der Waals surface area contributed by atoms with Crippen molar-refractivity contribution in [1.29, 1.82) is 0 Å². The highest BCUT2D eigenvalue weighted by Gasteiger charge is 2.07. The maximum Gasteiger partial charge on any atom is 0.411 e. The fourth-order valence-electron chi connectivity index (χ4n) is 1.12. The van der Waals surface area contributed by atoms with Crippen molar-refractivity contribution in [3.63, 3.8) is 0 Å². The van der Waals surface area contributed by atoms with Gasteiger partial charge < -0.3 is 4.74 Å². The van der Waals surface area contributed by atoms with E-state index in [0.717, 1.165) is 5.56 Å². The van der Waals surface area contributed by atoms with Gasteiger partial charge in [-0.3, -0.25) is 5.32 Å². The van der Waals surface area contributed by atoms with Crippen LogP contribution in [0.5, 0.6) is 0 Å². The van der Waals surface area contributed by atoms with Gasteiger partial charge in [-0.25, -0.2) is 4.79 Å². The van der Waals surface area contributed by atoms with Gasteiger partial charge in [0, 0.05) is 10.7 Å². The van der Waals surface area contributed by atoms with Crippen LogP contribution in [0.1, 0.15) is 19.4 Å². The van der Waals surface area contributed by atoms with Crippen LogP contribution in [0.25, 0.3) is 0 Å². The van der Waals surface area contributed by atoms with Crippen molar-refractivity contribution in [1.82, 2.24) is 0 Å². The van der Waals surface area contributed by atoms with Crippen molar-refractivity contribution in [2.24, 2.45) is 0 Å². The number of aryl methyl sites for hydroxylation is 1. The SMILES string of the molecule is Cc1cc(Cl)ccc1NC(=O)OC(C)C. The minimum Gasteiger partial charge on any atom is -0.447 e. The summed E-state index contributed by atoms with van der Waals surface area (Å²) >= 11 is 5.79. The summed E-state index contributed by atoms with van der Waals surface area (Å²) < 4.78 is 4.96. The Balaban J connectivity index is 2.68. The Morgan fingerprint density at radius 1 is 1.47 bits per heavy atom. The van der Waals surface area contributed by atoms with E-state index >= 15 is 0 Å². The second kappa shape index (κ2) is 5.03. The van der Waals surface area contributed by atoms with E-state index in [-0.39, 0.29) is 6.10 Å². The maximum atomic E-state index is 11.3. The number of amides is 1. The van der Waals surface area contributed by atoms with E-state index < -0.39 is 6.09 Å². The van der Waals surface area contributed by atoms with E-state index in [4.69, 9.17) is 16.3 Å². The summed E-state index contributed by atoms with van der Waals surface area (Å²) in [4.78, 5) is 11.3. The number of carbonyl (C=O) groups excluding carboxylic acids is 1. The second-order valence-electron chi connectivity index (χ2n) is 3.54. The lowest BCUT2D eigenvalue weighted by molar-refractivity contribution is 0.130. The molecule has 0 aromatic heterocycles. The molecule has 0 saturated heterocycles. The molecule has 0 spiro atoms. The fraction of sp³-hybridized carbons (Fsp3) is 0.364. The highest BCUT2D eigenvalue weighted by atomic mass is 35.5. The predicted molar refractivity (Wildman–Crippen MR) is 61.4 cm³/mol. The van der Waals surface area contributed by atoms with Crippen molar-refractivity contribution in [2.45, 2.75) is 26.9 Å². The highest BCUT2D eigenvalue weighted by Crippen LogP contribution is 2.19. The predicted octanol–water partition coefficient (Wildman–Crippen LogP) is 3.61. The van der Waals surface area contributed by atoms with E-state index in [2.05, 4.69) is 5.32 Å². The molecule has 1 aromatic rings. The molecule has 0 radical (unpaired) electrons. The van der Waals surface area contributed by atoms with Crippen molar-refractivity contribution in [3.8, 4) is 0 Å². The average Bonchev–Trinajstić information content (AvgIpc) is 2.08. The van der Waals surface area contributed by atoms with Gasteiger partial charge in [-0.15, -0.1) is 0 Å². The molecule has 0 atom stereocenters. The van der Waals surface area contributed by atoms with Crippen LogP contribution in [0.15, 0.2) is 18.2 Å². The third kappa shape index (κ3) is 3.80. The number of anilines is 1. The zero-order valence-electron chi connectivity index (χ0n) is 9.00. The lowest BCUT2D eigenvalue weighted by Gasteiger charge is -2.11. The second-order valence-corrected chi connectivity index (χ2v) is 3.97. The van der Waals surface area contributed by atoms with Gasteiger partial charge >= 0.3 is 6.09 Å². The first-order chi connectivity index (χ1) is 6.99. The standard InChI is InChI=1S/C11H14ClNO2/c1-7(2)15-11(14)13-10-5-4-9(12)6-8(10)3/h4-7H,1-3H3,(H,13,14). The fourth-order valence-corrected chi connectivity index (χ4v) is 1.35. The van der Waals surface area contributed by atoms with E-state index in [1.54, 1.807) is 32.0 Å². The summed E-state index contributed by atoms with van der Waals surface area (Å²) in [7, 11) is 0. The van der Waals surface area contributed by atoms with Crippen LogP contribution in [0.4, 0.5) is 10.5 Å². The Morgan fingerprint density at radius 2 is 2.13 bits per heavy atom. The zero-order chi connectivity index (χ0) is 11.4. The van der Waals surface area contributed by atoms with Crippen molar-refractivity contribution in [3.05, 3.63) is 28.8 Å². The van der Waals surface area contributed by atoms with Crippen molar-refractivity contribution >= 4 is 23.4 Å². The number of nitrogens with one attached hydrogen (secondary N) is 1. The molecular formula is C11H14ClNO2. The van der Waals surface area contributed by atoms with Crippen LogP contribution < -0.4 is 5.32 Å². The third-order valence-electron chi connectivity index (χ3n) is 1.77. The monoisotopic (exact) mass is 227 g/mol. The molecule has 0 heterocycles. The summed E-state index contributed by atoms with van der Waals surface area (Å²) in [5.74, 6) is 0. The van der Waals surface area contributed by atoms with Gasteiger partial charge in [0.15, 0.2) is 0 Å². The molecular weight excluding hydrogens is 214 g/mol. The minimum absolute atomic E-state index is 0.127. The number of halogens is 1. The summed E-state index contributed by atoms with van der Waals surface area (Å²) in [5.41, 5.74) is 1.62. The normalized spacial score (nSPS) is 10.2. The quantitative estimate of drug-likeness (QED) is 0.838. The number of rotatable bonds is 2. The Labute approximate surface area is 94.4 Å². The van der Waals surface area contributed by atoms with Gasteiger partial charge in [-0.2, -0.15) is 0 Å². The molecule has 1 N–H and O–H groups in total. The first-order valence-corrected chi connectivity index (χ1v) is 5.10. The topological polar surface area (TPSA) is 38.3 Å². The van der Waals surface area contributed by atoms with Crippen LogP contribution in [0.3, 0.4) is 0 Å². The van der Waals surface area contributed by atoms with Crippen LogP contribution in [0, 0.1) is 6.92 Å². The van der Waals surface area contributed by atoms with Crippen molar-refractivity contribution < 1.29 is 9.53 Å². The lowest BCUT2D eigenvalue weighted by atomic mass is 10.2. The lowest BCUT2D eigenvalue weighted by Crippen LogP contribution is -2.18. The summed E-state index contributed by atoms with van der Waals surface area (Å²) in [6, 6.07) is 5.26. The maximum absolute atomic E-state index is 11.3. The first-order valence-electron chi connectivity index (χ1n) is 4.73. The average molecular weight is 228 g/mol. The van der Waals surface area contributed by atoms with E-state index in [9.17, 15) is 4.79 Å². The Hall–Kier alpha value is -1.22. The molecule has 15 heavy (non-hydrogen) atoms. The van der Waals surface area contributed by atoms with Crippen molar-refractivity contribution in [2.75, 3.05) is 5.32 Å². The molecule has 3 nitrogen and oxygen atoms in total. The Bertz CT molecular complexity index is 364. The van der Waals surface area contributed by atoms with Gasteiger partial charge in [-0.05, 0) is 44.5 Å². The van der Waals surface area contributed by atoms with Crippen LogP contribution in [-0.2, 0) is 4.74 Å². The number of ether oxygens (including phenoxy) is 1. The summed E-state index contributed by atoms with van der Waals surface area (Å²) in [6.45, 7) is 5.47. The number of benzene rings is 1. The molecule has 82 valence electrons. The zero-order valence-corrected chi connectivity index (χ0v) is 9.76. The van der Waals surface area contributed by atoms with Crippen LogP contribution in [-0.4, -0.2) is 12.2 Å². The van der Waals surface area contributed by atoms with Crippen LogP contribution >= 0.6 is 11.6 Å². The van der Waals surface area contributed by atoms with Gasteiger partial charge in [0.1, 0.15) is 0 Å². The smallest absolute Gasteiger partial charge is 0.411 e. The van der Waals surface area contributed by atoms with E-state index in [1.165, 1.54) is 0 Å². The Morgan fingerprint density at radius 3 is 2.67 bits per heavy atom. The molecule has 0 bridgehead atoms. The molecule has 1 aromatic carbocycles. The molecule has 0 aliphatic heterocycles. The molecule has 1 rings (SSSR count). The van der Waals surface area contributed by atoms with E-state index in [0.29, 0.717) is 10.7 Å². The molecule has 1 amide bonds. The summed E-state index contributed by atoms with van der Waals surface area (Å²) in [5, 5.41) is 3.30. The molecule has 4 heteroatoms. The molecule has 0 aliphatic rings. The number of hydrogen-bond acceptors (Lipinski definition) is 2. The molecule has 0 unspecified atom stereocenters. The Kier molecular flexibility index (Phi) is 3.97. The van der Waals surface area contributed by atoms with E-state index in [1.807, 2.05) is 6.92 Å². The molecule has 0 fully saturated rings. The minimum atomic E-state index is -0.449. The molecule has 0 aliphatic carbocycles. The van der Waals surface area contributed by atoms with Gasteiger partial charge in [-0.1, -0.05) is 11.6 Å². The highest BCUT2D eigenvalue weighted by molar-refractivity contribution is 6.30. The molecule has 0 saturated carbocycles. The third-order valence-corrected chi connectivity index (χ3v) is 2.00. The van der Waals surface area contributed by atoms with Gasteiger partial charge in [0.2, 0.25) is 0 Å². The van der Waals surface area contributed by atoms with Gasteiger partial charge in [0.05, 0.1) is 6.10 Å². The van der Waals surface area contributed by atoms with Gasteiger partial charge in [0.25, 0.3) is 0 Å². The largest absolute Gasteiger partial charge is 0.447 e. The summed E-state index contributed by atoms with van der Waals surface area (Å²) in [6.07, 6.45) is -0.576. The van der Waals surface area contributed by atoms with Crippen LogP contribution in [0.2, 0.25) is 5.02 Å². The number of hydrogen-bond donors (Lipinski definition) is 1. The first kappa shape index (κ1) is 11.9.